The average molecular weight is 309 g/mol. The highest BCUT2D eigenvalue weighted by Gasteiger charge is 2.41. The number of hydrogen-bond acceptors (Lipinski definition) is 3. The van der Waals surface area contributed by atoms with E-state index in [9.17, 15) is 14.4 Å². The van der Waals surface area contributed by atoms with E-state index in [1.54, 1.807) is 12.1 Å². The van der Waals surface area contributed by atoms with Gasteiger partial charge in [0.2, 0.25) is 0 Å². The van der Waals surface area contributed by atoms with Gasteiger partial charge in [-0.2, -0.15) is 5.26 Å². The Labute approximate surface area is 133 Å². The minimum Gasteiger partial charge on any atom is -0.296 e. The number of fused-ring (bicyclic) bond motifs is 1. The third-order valence-electron chi connectivity index (χ3n) is 4.26. The normalized spacial score (nSPS) is 19.3. The van der Waals surface area contributed by atoms with E-state index in [4.69, 9.17) is 0 Å². The summed E-state index contributed by atoms with van der Waals surface area (Å²) in [7, 11) is 0. The van der Waals surface area contributed by atoms with Gasteiger partial charge in [-0.3, -0.25) is 15.6 Å². The molecule has 1 atom stereocenters. The highest BCUT2D eigenvalue weighted by Crippen LogP contribution is 2.35. The van der Waals surface area contributed by atoms with Gasteiger partial charge >= 0.3 is 0 Å². The Bertz CT molecular complexity index is 784. The molecule has 4 nitrogen and oxygen atoms in total. The molecule has 0 fully saturated rings. The molecule has 0 saturated carbocycles. The number of anilines is 1. The number of nitrogens with zero attached hydrogens (tertiary/aromatic N) is 1. The molecule has 0 saturated heterocycles. The molecule has 116 valence electrons. The number of carbonyl (C=O) groups is 1. The molecule has 23 heavy (non-hydrogen) atoms. The van der Waals surface area contributed by atoms with Crippen molar-refractivity contribution in [2.24, 2.45) is 5.41 Å². The van der Waals surface area contributed by atoms with E-state index >= 15 is 0 Å². The Balaban J connectivity index is 1.75. The number of amides is 1. The lowest BCUT2D eigenvalue weighted by Crippen LogP contribution is -2.46. The summed E-state index contributed by atoms with van der Waals surface area (Å²) in [4.78, 5) is 12.5. The van der Waals surface area contributed by atoms with Crippen LogP contribution in [0.15, 0.2) is 48.5 Å². The predicted molar refractivity (Wildman–Crippen MR) is 84.7 cm³/mol. The van der Waals surface area contributed by atoms with Crippen molar-refractivity contribution >= 4 is 11.6 Å². The number of hydrazine groups is 1. The minimum absolute atomic E-state index is 0.171. The van der Waals surface area contributed by atoms with Gasteiger partial charge in [-0.05, 0) is 36.1 Å². The standard InChI is InChI=1S/C18H16FN3O/c19-15-7-3-4-8-16(15)21-22-17(23)18(12-20)10-9-13-5-1-2-6-14(13)11-18/h1-8,21H,9-11H2,(H,22,23). The van der Waals surface area contributed by atoms with Crippen molar-refractivity contribution in [1.82, 2.24) is 5.43 Å². The van der Waals surface area contributed by atoms with Crippen molar-refractivity contribution in [3.8, 4) is 6.07 Å². The Kier molecular flexibility index (Phi) is 3.98. The lowest BCUT2D eigenvalue weighted by atomic mass is 9.72. The lowest BCUT2D eigenvalue weighted by Gasteiger charge is -2.31. The lowest BCUT2D eigenvalue weighted by molar-refractivity contribution is -0.128. The molecule has 0 bridgehead atoms. The van der Waals surface area contributed by atoms with E-state index < -0.39 is 17.1 Å². The van der Waals surface area contributed by atoms with Crippen LogP contribution >= 0.6 is 0 Å². The molecule has 3 rings (SSSR count). The van der Waals surface area contributed by atoms with E-state index in [0.29, 0.717) is 19.3 Å². The summed E-state index contributed by atoms with van der Waals surface area (Å²) >= 11 is 0. The van der Waals surface area contributed by atoms with Gasteiger partial charge in [0.25, 0.3) is 5.91 Å². The van der Waals surface area contributed by atoms with Crippen LogP contribution in [0, 0.1) is 22.6 Å². The van der Waals surface area contributed by atoms with Crippen molar-refractivity contribution in [3.63, 3.8) is 0 Å². The zero-order valence-corrected chi connectivity index (χ0v) is 12.5. The van der Waals surface area contributed by atoms with Crippen molar-refractivity contribution in [3.05, 3.63) is 65.5 Å². The van der Waals surface area contributed by atoms with Gasteiger partial charge in [-0.1, -0.05) is 36.4 Å². The zero-order valence-electron chi connectivity index (χ0n) is 12.5. The first-order valence-corrected chi connectivity index (χ1v) is 7.44. The Morgan fingerprint density at radius 1 is 1.13 bits per heavy atom. The van der Waals surface area contributed by atoms with Gasteiger partial charge in [0, 0.05) is 6.42 Å². The topological polar surface area (TPSA) is 64.9 Å². The maximum absolute atomic E-state index is 13.6. The molecule has 0 heterocycles. The first-order valence-electron chi connectivity index (χ1n) is 7.44. The number of nitriles is 1. The van der Waals surface area contributed by atoms with Crippen LogP contribution in [0.2, 0.25) is 0 Å². The van der Waals surface area contributed by atoms with Gasteiger partial charge < -0.3 is 0 Å². The van der Waals surface area contributed by atoms with Gasteiger partial charge in [0.05, 0.1) is 11.8 Å². The molecule has 5 heteroatoms. The SMILES string of the molecule is N#CC1(C(=O)NNc2ccccc2F)CCc2ccccc2C1. The zero-order chi connectivity index (χ0) is 16.3. The molecule has 2 aromatic rings. The fraction of sp³-hybridized carbons (Fsp3) is 0.222. The van der Waals surface area contributed by atoms with E-state index in [1.807, 2.05) is 24.3 Å². The fourth-order valence-electron chi connectivity index (χ4n) is 2.88. The smallest absolute Gasteiger partial charge is 0.259 e. The van der Waals surface area contributed by atoms with Crippen LogP contribution in [0.25, 0.3) is 0 Å². The van der Waals surface area contributed by atoms with E-state index in [2.05, 4.69) is 16.9 Å². The van der Waals surface area contributed by atoms with Crippen molar-refractivity contribution in [2.75, 3.05) is 5.43 Å². The second-order valence-corrected chi connectivity index (χ2v) is 5.70. The van der Waals surface area contributed by atoms with Gasteiger partial charge in [0.1, 0.15) is 11.2 Å². The summed E-state index contributed by atoms with van der Waals surface area (Å²) in [5, 5.41) is 9.58. The quantitative estimate of drug-likeness (QED) is 0.857. The summed E-state index contributed by atoms with van der Waals surface area (Å²) in [6.07, 6.45) is 1.49. The summed E-state index contributed by atoms with van der Waals surface area (Å²) in [5.41, 5.74) is 6.28. The summed E-state index contributed by atoms with van der Waals surface area (Å²) in [6.45, 7) is 0. The highest BCUT2D eigenvalue weighted by atomic mass is 19.1. The van der Waals surface area contributed by atoms with Crippen LogP contribution in [-0.4, -0.2) is 5.91 Å². The fourth-order valence-corrected chi connectivity index (χ4v) is 2.88. The van der Waals surface area contributed by atoms with Crippen LogP contribution in [0.5, 0.6) is 0 Å². The van der Waals surface area contributed by atoms with Crippen LogP contribution in [0.1, 0.15) is 17.5 Å². The first-order chi connectivity index (χ1) is 11.1. The number of aryl methyl sites for hydroxylation is 1. The van der Waals surface area contributed by atoms with E-state index in [-0.39, 0.29) is 5.69 Å². The first kappa shape index (κ1) is 15.0. The van der Waals surface area contributed by atoms with Crippen LogP contribution in [0.3, 0.4) is 0 Å². The number of para-hydroxylation sites is 1. The molecule has 1 amide bonds. The largest absolute Gasteiger partial charge is 0.296 e. The van der Waals surface area contributed by atoms with Crippen LogP contribution < -0.4 is 10.9 Å². The van der Waals surface area contributed by atoms with Crippen molar-refractivity contribution in [2.45, 2.75) is 19.3 Å². The number of benzene rings is 2. The van der Waals surface area contributed by atoms with Gasteiger partial charge in [-0.15, -0.1) is 0 Å². The maximum atomic E-state index is 13.6. The molecule has 1 unspecified atom stereocenters. The van der Waals surface area contributed by atoms with E-state index in [0.717, 1.165) is 5.56 Å². The molecule has 2 aromatic carbocycles. The molecule has 0 spiro atoms. The molecule has 0 radical (unpaired) electrons. The van der Waals surface area contributed by atoms with Crippen molar-refractivity contribution < 1.29 is 9.18 Å². The van der Waals surface area contributed by atoms with Gasteiger partial charge in [0.15, 0.2) is 0 Å². The number of halogens is 1. The Morgan fingerprint density at radius 2 is 1.83 bits per heavy atom. The maximum Gasteiger partial charge on any atom is 0.259 e. The predicted octanol–water partition coefficient (Wildman–Crippen LogP) is 2.97. The number of carbonyl (C=O) groups excluding carboxylic acids is 1. The Hall–Kier alpha value is -2.87. The molecule has 1 aliphatic rings. The Morgan fingerprint density at radius 3 is 2.57 bits per heavy atom. The molecular weight excluding hydrogens is 293 g/mol. The van der Waals surface area contributed by atoms with Crippen LogP contribution in [0.4, 0.5) is 10.1 Å². The number of nitrogens with one attached hydrogen (secondary N) is 2. The summed E-state index contributed by atoms with van der Waals surface area (Å²) in [6, 6.07) is 16.0. The molecule has 1 aliphatic carbocycles. The number of rotatable bonds is 3. The molecule has 2 N–H and O–H groups in total. The highest BCUT2D eigenvalue weighted by molar-refractivity contribution is 5.87. The van der Waals surface area contributed by atoms with Crippen molar-refractivity contribution in [1.29, 1.82) is 5.26 Å². The average Bonchev–Trinajstić information content (AvgIpc) is 2.60. The second-order valence-electron chi connectivity index (χ2n) is 5.70. The summed E-state index contributed by atoms with van der Waals surface area (Å²) < 4.78 is 13.6. The third kappa shape index (κ3) is 2.88. The third-order valence-corrected chi connectivity index (χ3v) is 4.26. The molecular formula is C18H16FN3O. The number of hydrogen-bond donors (Lipinski definition) is 2. The van der Waals surface area contributed by atoms with Gasteiger partial charge in [-0.25, -0.2) is 4.39 Å². The monoisotopic (exact) mass is 309 g/mol. The molecule has 0 aliphatic heterocycles. The minimum atomic E-state index is -1.13. The summed E-state index contributed by atoms with van der Waals surface area (Å²) in [5.74, 6) is -0.898. The van der Waals surface area contributed by atoms with E-state index in [1.165, 1.54) is 17.7 Å². The van der Waals surface area contributed by atoms with Crippen LogP contribution in [-0.2, 0) is 17.6 Å². The molecule has 0 aromatic heterocycles. The second kappa shape index (κ2) is 6.09.